The smallest absolute Gasteiger partial charge is 0.364 e. The Labute approximate surface area is 111 Å². The first-order valence-electron chi connectivity index (χ1n) is 5.55. The molecule has 0 aliphatic heterocycles. The van der Waals surface area contributed by atoms with Gasteiger partial charge in [-0.1, -0.05) is 15.9 Å². The normalized spacial score (nSPS) is 16.0. The number of hydrogen-bond acceptors (Lipinski definition) is 3. The lowest BCUT2D eigenvalue weighted by atomic mass is 10.2. The van der Waals surface area contributed by atoms with E-state index in [0.29, 0.717) is 17.1 Å². The lowest BCUT2D eigenvalue weighted by molar-refractivity contribution is -0.177. The summed E-state index contributed by atoms with van der Waals surface area (Å²) in [5, 5.41) is 0.655. The van der Waals surface area contributed by atoms with Crippen molar-refractivity contribution >= 4 is 15.9 Å². The predicted molar refractivity (Wildman–Crippen MR) is 62.3 cm³/mol. The van der Waals surface area contributed by atoms with E-state index in [0.717, 1.165) is 24.1 Å². The average Bonchev–Trinajstić information content (AvgIpc) is 3.11. The first-order chi connectivity index (χ1) is 8.49. The zero-order chi connectivity index (χ0) is 13.2. The maximum atomic E-state index is 11.9. The number of halogens is 4. The number of alkyl halides is 4. The summed E-state index contributed by atoms with van der Waals surface area (Å²) in [6.07, 6.45) is -0.490. The van der Waals surface area contributed by atoms with Gasteiger partial charge in [-0.15, -0.1) is 0 Å². The van der Waals surface area contributed by atoms with E-state index in [9.17, 15) is 13.2 Å². The van der Waals surface area contributed by atoms with Gasteiger partial charge in [0, 0.05) is 23.0 Å². The van der Waals surface area contributed by atoms with Crippen molar-refractivity contribution in [3.8, 4) is 0 Å². The third kappa shape index (κ3) is 3.91. The van der Waals surface area contributed by atoms with E-state index in [1.54, 1.807) is 6.20 Å². The van der Waals surface area contributed by atoms with E-state index in [-0.39, 0.29) is 6.61 Å². The van der Waals surface area contributed by atoms with Crippen LogP contribution in [0.4, 0.5) is 13.2 Å². The summed E-state index contributed by atoms with van der Waals surface area (Å²) < 4.78 is 40.3. The Bertz CT molecular complexity index is 421. The quantitative estimate of drug-likeness (QED) is 0.779. The Hall–Kier alpha value is -0.690. The fourth-order valence-electron chi connectivity index (χ4n) is 1.60. The summed E-state index contributed by atoms with van der Waals surface area (Å²) in [5.41, 5.74) is 1.93. The van der Waals surface area contributed by atoms with Crippen LogP contribution in [0.2, 0.25) is 0 Å². The first kappa shape index (κ1) is 13.7. The number of ether oxygens (including phenoxy) is 1. The minimum atomic E-state index is -4.31. The molecule has 0 saturated heterocycles. The maximum absolute atomic E-state index is 11.9. The number of hydrogen-bond donors (Lipinski definition) is 0. The van der Waals surface area contributed by atoms with Crippen LogP contribution in [-0.2, 0) is 16.7 Å². The highest BCUT2D eigenvalue weighted by Gasteiger charge is 2.29. The molecule has 7 heteroatoms. The lowest BCUT2D eigenvalue weighted by Gasteiger charge is -2.09. The lowest BCUT2D eigenvalue weighted by Crippen LogP contribution is -2.17. The van der Waals surface area contributed by atoms with E-state index < -0.39 is 12.8 Å². The summed E-state index contributed by atoms with van der Waals surface area (Å²) >= 11 is 3.35. The van der Waals surface area contributed by atoms with Gasteiger partial charge in [-0.3, -0.25) is 0 Å². The second kappa shape index (κ2) is 5.52. The minimum absolute atomic E-state index is 0.207. The molecule has 1 saturated carbocycles. The Morgan fingerprint density at radius 3 is 2.67 bits per heavy atom. The molecule has 0 amide bonds. The molecule has 1 aromatic rings. The molecule has 1 aliphatic rings. The van der Waals surface area contributed by atoms with Crippen molar-refractivity contribution < 1.29 is 17.9 Å². The molecule has 18 heavy (non-hydrogen) atoms. The van der Waals surface area contributed by atoms with Crippen LogP contribution in [-0.4, -0.2) is 22.8 Å². The van der Waals surface area contributed by atoms with E-state index >= 15 is 0 Å². The highest BCUT2D eigenvalue weighted by Crippen LogP contribution is 2.40. The predicted octanol–water partition coefficient (Wildman–Crippen LogP) is 3.33. The number of rotatable bonds is 5. The van der Waals surface area contributed by atoms with E-state index in [1.165, 1.54) is 0 Å². The fraction of sp³-hybridized carbons (Fsp3) is 0.636. The molecule has 0 N–H and O–H groups in total. The van der Waals surface area contributed by atoms with Crippen molar-refractivity contribution in [2.45, 2.75) is 36.9 Å². The van der Waals surface area contributed by atoms with Crippen LogP contribution in [0.5, 0.6) is 0 Å². The van der Waals surface area contributed by atoms with Gasteiger partial charge < -0.3 is 4.74 Å². The van der Waals surface area contributed by atoms with E-state index in [4.69, 9.17) is 0 Å². The van der Waals surface area contributed by atoms with Crippen molar-refractivity contribution in [2.24, 2.45) is 0 Å². The second-order valence-corrected chi connectivity index (χ2v) is 4.77. The van der Waals surface area contributed by atoms with Gasteiger partial charge in [0.05, 0.1) is 5.69 Å². The standard InChI is InChI=1S/C11H12BrF3N2O/c12-3-8-4-16-9(5-18-6-11(13,14)15)17-10(8)7-1-2-7/h4,7H,1-3,5-6H2. The molecule has 0 unspecified atom stereocenters. The van der Waals surface area contributed by atoms with Crippen LogP contribution in [0, 0.1) is 0 Å². The van der Waals surface area contributed by atoms with Crippen molar-refractivity contribution in [1.82, 2.24) is 9.97 Å². The molecule has 1 fully saturated rings. The van der Waals surface area contributed by atoms with Gasteiger partial charge in [-0.25, -0.2) is 9.97 Å². The Balaban J connectivity index is 1.99. The highest BCUT2D eigenvalue weighted by molar-refractivity contribution is 9.08. The van der Waals surface area contributed by atoms with Gasteiger partial charge in [0.1, 0.15) is 13.2 Å². The second-order valence-electron chi connectivity index (χ2n) is 4.21. The average molecular weight is 325 g/mol. The zero-order valence-electron chi connectivity index (χ0n) is 9.50. The summed E-state index contributed by atoms with van der Waals surface area (Å²) in [5.74, 6) is 0.743. The summed E-state index contributed by atoms with van der Waals surface area (Å²) in [4.78, 5) is 8.30. The molecule has 0 aromatic carbocycles. The summed E-state index contributed by atoms with van der Waals surface area (Å²) in [7, 11) is 0. The zero-order valence-corrected chi connectivity index (χ0v) is 11.1. The summed E-state index contributed by atoms with van der Waals surface area (Å²) in [6.45, 7) is -1.48. The van der Waals surface area contributed by atoms with Crippen molar-refractivity contribution in [3.05, 3.63) is 23.3 Å². The molecular weight excluding hydrogens is 313 g/mol. The topological polar surface area (TPSA) is 35.0 Å². The van der Waals surface area contributed by atoms with Crippen LogP contribution < -0.4 is 0 Å². The molecule has 1 aliphatic carbocycles. The SMILES string of the molecule is FC(F)(F)COCc1ncc(CBr)c(C2CC2)n1. The maximum Gasteiger partial charge on any atom is 0.411 e. The molecule has 1 heterocycles. The molecule has 3 nitrogen and oxygen atoms in total. The largest absolute Gasteiger partial charge is 0.411 e. The van der Waals surface area contributed by atoms with Crippen LogP contribution in [0.3, 0.4) is 0 Å². The van der Waals surface area contributed by atoms with Crippen molar-refractivity contribution in [3.63, 3.8) is 0 Å². The molecule has 2 rings (SSSR count). The highest BCUT2D eigenvalue weighted by atomic mass is 79.9. The third-order valence-electron chi connectivity index (χ3n) is 2.55. The molecule has 0 spiro atoms. The minimum Gasteiger partial charge on any atom is -0.364 e. The van der Waals surface area contributed by atoms with E-state index in [1.807, 2.05) is 0 Å². The number of aromatic nitrogens is 2. The van der Waals surface area contributed by atoms with Crippen LogP contribution >= 0.6 is 15.9 Å². The van der Waals surface area contributed by atoms with Gasteiger partial charge in [0.15, 0.2) is 5.82 Å². The molecule has 0 atom stereocenters. The van der Waals surface area contributed by atoms with Gasteiger partial charge >= 0.3 is 6.18 Å². The van der Waals surface area contributed by atoms with Crippen molar-refractivity contribution in [2.75, 3.05) is 6.61 Å². The molecule has 0 radical (unpaired) electrons. The molecule has 0 bridgehead atoms. The Morgan fingerprint density at radius 2 is 2.11 bits per heavy atom. The summed E-state index contributed by atoms with van der Waals surface area (Å²) in [6, 6.07) is 0. The molecule has 100 valence electrons. The van der Waals surface area contributed by atoms with E-state index in [2.05, 4.69) is 30.6 Å². The monoisotopic (exact) mass is 324 g/mol. The molecular formula is C11H12BrF3N2O. The fourth-order valence-corrected chi connectivity index (χ4v) is 2.03. The van der Waals surface area contributed by atoms with Crippen LogP contribution in [0.25, 0.3) is 0 Å². The van der Waals surface area contributed by atoms with Crippen LogP contribution in [0.1, 0.15) is 35.8 Å². The third-order valence-corrected chi connectivity index (χ3v) is 3.16. The number of nitrogens with zero attached hydrogens (tertiary/aromatic N) is 2. The molecule has 1 aromatic heterocycles. The Kier molecular flexibility index (Phi) is 4.21. The van der Waals surface area contributed by atoms with Crippen LogP contribution in [0.15, 0.2) is 6.20 Å². The van der Waals surface area contributed by atoms with Gasteiger partial charge in [-0.05, 0) is 12.8 Å². The first-order valence-corrected chi connectivity index (χ1v) is 6.67. The van der Waals surface area contributed by atoms with Gasteiger partial charge in [-0.2, -0.15) is 13.2 Å². The Morgan fingerprint density at radius 1 is 1.39 bits per heavy atom. The van der Waals surface area contributed by atoms with Crippen molar-refractivity contribution in [1.29, 1.82) is 0 Å². The van der Waals surface area contributed by atoms with Gasteiger partial charge in [0.2, 0.25) is 0 Å². The van der Waals surface area contributed by atoms with Gasteiger partial charge in [0.25, 0.3) is 0 Å².